The number of nitrogens with zero attached hydrogens (tertiary/aromatic N) is 2. The van der Waals surface area contributed by atoms with Crippen LogP contribution in [0, 0.1) is 6.92 Å². The predicted molar refractivity (Wildman–Crippen MR) is 88.4 cm³/mol. The van der Waals surface area contributed by atoms with Gasteiger partial charge in [-0.05, 0) is 31.4 Å². The van der Waals surface area contributed by atoms with Crippen LogP contribution < -0.4 is 0 Å². The molecule has 1 aromatic rings. The van der Waals surface area contributed by atoms with Crippen molar-refractivity contribution in [1.29, 1.82) is 0 Å². The van der Waals surface area contributed by atoms with E-state index in [1.54, 1.807) is 16.4 Å². The average molecular weight is 322 g/mol. The Kier molecular flexibility index (Phi) is 4.85. The lowest BCUT2D eigenvalue weighted by Crippen LogP contribution is -2.52. The van der Waals surface area contributed by atoms with E-state index >= 15 is 0 Å². The molecule has 0 amide bonds. The van der Waals surface area contributed by atoms with E-state index in [2.05, 4.69) is 4.90 Å². The number of benzene rings is 1. The van der Waals surface area contributed by atoms with E-state index in [0.717, 1.165) is 18.7 Å². The van der Waals surface area contributed by atoms with Gasteiger partial charge in [-0.2, -0.15) is 4.31 Å². The molecular weight excluding hydrogens is 296 g/mol. The van der Waals surface area contributed by atoms with Crippen LogP contribution in [0.25, 0.3) is 0 Å². The van der Waals surface area contributed by atoms with Crippen LogP contribution >= 0.6 is 0 Å². The third kappa shape index (κ3) is 3.21. The molecule has 3 rings (SSSR count). The molecule has 1 saturated carbocycles. The molecule has 2 fully saturated rings. The second-order valence-electron chi connectivity index (χ2n) is 6.50. The van der Waals surface area contributed by atoms with Crippen LogP contribution in [-0.4, -0.2) is 49.8 Å². The first-order valence-electron chi connectivity index (χ1n) is 8.39. The summed E-state index contributed by atoms with van der Waals surface area (Å²) < 4.78 is 27.3. The standard InChI is InChI=1S/C17H26N2O2S/c1-15-7-5-6-10-17(15)22(20,21)19-13-11-18(12-14-19)16-8-3-2-4-9-16/h5-7,10,16H,2-4,8-9,11-14H2,1H3. The minimum atomic E-state index is -3.34. The second-order valence-corrected chi connectivity index (χ2v) is 8.40. The molecule has 4 nitrogen and oxygen atoms in total. The van der Waals surface area contributed by atoms with Crippen molar-refractivity contribution in [3.63, 3.8) is 0 Å². The summed E-state index contributed by atoms with van der Waals surface area (Å²) in [7, 11) is -3.34. The Labute approximate surface area is 134 Å². The van der Waals surface area contributed by atoms with Crippen LogP contribution in [0.3, 0.4) is 0 Å². The van der Waals surface area contributed by atoms with Crippen molar-refractivity contribution in [2.45, 2.75) is 50.0 Å². The molecule has 22 heavy (non-hydrogen) atoms. The molecule has 2 aliphatic rings. The van der Waals surface area contributed by atoms with Gasteiger partial charge < -0.3 is 0 Å². The van der Waals surface area contributed by atoms with Gasteiger partial charge in [-0.25, -0.2) is 8.42 Å². The number of hydrogen-bond acceptors (Lipinski definition) is 3. The van der Waals surface area contributed by atoms with Gasteiger partial charge in [0, 0.05) is 32.2 Å². The largest absolute Gasteiger partial charge is 0.298 e. The molecule has 1 saturated heterocycles. The van der Waals surface area contributed by atoms with Crippen LogP contribution in [0.2, 0.25) is 0 Å². The van der Waals surface area contributed by atoms with Crippen LogP contribution in [0.1, 0.15) is 37.7 Å². The maximum Gasteiger partial charge on any atom is 0.243 e. The highest BCUT2D eigenvalue weighted by atomic mass is 32.2. The molecule has 1 aliphatic carbocycles. The summed E-state index contributed by atoms with van der Waals surface area (Å²) in [5.74, 6) is 0. The van der Waals surface area contributed by atoms with E-state index in [1.165, 1.54) is 32.1 Å². The van der Waals surface area contributed by atoms with Crippen LogP contribution in [0.15, 0.2) is 29.2 Å². The second kappa shape index (κ2) is 6.69. The molecule has 1 aromatic carbocycles. The van der Waals surface area contributed by atoms with Crippen molar-refractivity contribution < 1.29 is 8.42 Å². The number of piperazine rings is 1. The number of sulfonamides is 1. The first-order valence-corrected chi connectivity index (χ1v) is 9.83. The lowest BCUT2D eigenvalue weighted by atomic mass is 9.94. The lowest BCUT2D eigenvalue weighted by molar-refractivity contribution is 0.111. The molecule has 0 atom stereocenters. The average Bonchev–Trinajstić information content (AvgIpc) is 2.56. The van der Waals surface area contributed by atoms with Gasteiger partial charge in [-0.3, -0.25) is 4.90 Å². The number of aryl methyl sites for hydroxylation is 1. The third-order valence-electron chi connectivity index (χ3n) is 5.08. The van der Waals surface area contributed by atoms with Crippen molar-refractivity contribution in [3.8, 4) is 0 Å². The van der Waals surface area contributed by atoms with E-state index in [0.29, 0.717) is 24.0 Å². The fourth-order valence-electron chi connectivity index (χ4n) is 3.74. The lowest BCUT2D eigenvalue weighted by Gasteiger charge is -2.40. The number of rotatable bonds is 3. The SMILES string of the molecule is Cc1ccccc1S(=O)(=O)N1CCN(C2CCCCC2)CC1. The van der Waals surface area contributed by atoms with Crippen LogP contribution in [0.4, 0.5) is 0 Å². The monoisotopic (exact) mass is 322 g/mol. The van der Waals surface area contributed by atoms with Crippen molar-refractivity contribution in [1.82, 2.24) is 9.21 Å². The summed E-state index contributed by atoms with van der Waals surface area (Å²) in [6.45, 7) is 4.84. The summed E-state index contributed by atoms with van der Waals surface area (Å²) in [4.78, 5) is 2.96. The Hall–Kier alpha value is -0.910. The zero-order chi connectivity index (χ0) is 15.6. The van der Waals surface area contributed by atoms with Crippen LogP contribution in [0.5, 0.6) is 0 Å². The maximum absolute atomic E-state index is 12.8. The quantitative estimate of drug-likeness (QED) is 0.859. The first-order chi connectivity index (χ1) is 10.6. The smallest absolute Gasteiger partial charge is 0.243 e. The van der Waals surface area contributed by atoms with Crippen molar-refractivity contribution >= 4 is 10.0 Å². The van der Waals surface area contributed by atoms with Gasteiger partial charge in [-0.15, -0.1) is 0 Å². The molecule has 0 aromatic heterocycles. The third-order valence-corrected chi connectivity index (χ3v) is 7.13. The predicted octanol–water partition coefficient (Wildman–Crippen LogP) is 2.63. The van der Waals surface area contributed by atoms with Crippen molar-refractivity contribution in [2.24, 2.45) is 0 Å². The Morgan fingerprint density at radius 2 is 1.59 bits per heavy atom. The van der Waals surface area contributed by atoms with E-state index < -0.39 is 10.0 Å². The Bertz CT molecular complexity index is 601. The van der Waals surface area contributed by atoms with Gasteiger partial charge in [0.2, 0.25) is 10.0 Å². The summed E-state index contributed by atoms with van der Waals surface area (Å²) in [5, 5.41) is 0. The summed E-state index contributed by atoms with van der Waals surface area (Å²) in [5.41, 5.74) is 0.831. The molecular formula is C17H26N2O2S. The summed E-state index contributed by atoms with van der Waals surface area (Å²) in [6, 6.07) is 7.95. The van der Waals surface area contributed by atoms with Gasteiger partial charge in [0.1, 0.15) is 0 Å². The molecule has 0 unspecified atom stereocenters. The molecule has 1 heterocycles. The topological polar surface area (TPSA) is 40.6 Å². The van der Waals surface area contributed by atoms with Crippen molar-refractivity contribution in [3.05, 3.63) is 29.8 Å². The van der Waals surface area contributed by atoms with Gasteiger partial charge >= 0.3 is 0 Å². The molecule has 0 N–H and O–H groups in total. The zero-order valence-electron chi connectivity index (χ0n) is 13.4. The molecule has 0 bridgehead atoms. The molecule has 1 aliphatic heterocycles. The van der Waals surface area contributed by atoms with E-state index in [4.69, 9.17) is 0 Å². The van der Waals surface area contributed by atoms with Gasteiger partial charge in [0.15, 0.2) is 0 Å². The van der Waals surface area contributed by atoms with Crippen LogP contribution in [-0.2, 0) is 10.0 Å². The summed E-state index contributed by atoms with van der Waals surface area (Å²) in [6.07, 6.45) is 6.58. The van der Waals surface area contributed by atoms with E-state index in [-0.39, 0.29) is 0 Å². The highest BCUT2D eigenvalue weighted by Crippen LogP contribution is 2.25. The Balaban J connectivity index is 1.67. The Morgan fingerprint density at radius 1 is 0.955 bits per heavy atom. The Morgan fingerprint density at radius 3 is 2.23 bits per heavy atom. The van der Waals surface area contributed by atoms with Gasteiger partial charge in [-0.1, -0.05) is 37.5 Å². The fourth-order valence-corrected chi connectivity index (χ4v) is 5.39. The van der Waals surface area contributed by atoms with Gasteiger partial charge in [0.05, 0.1) is 4.90 Å². The van der Waals surface area contributed by atoms with Crippen molar-refractivity contribution in [2.75, 3.05) is 26.2 Å². The summed E-state index contributed by atoms with van der Waals surface area (Å²) >= 11 is 0. The number of hydrogen-bond donors (Lipinski definition) is 0. The molecule has 122 valence electrons. The zero-order valence-corrected chi connectivity index (χ0v) is 14.2. The highest BCUT2D eigenvalue weighted by Gasteiger charge is 2.31. The molecule has 5 heteroatoms. The van der Waals surface area contributed by atoms with Gasteiger partial charge in [0.25, 0.3) is 0 Å². The fraction of sp³-hybridized carbons (Fsp3) is 0.647. The van der Waals surface area contributed by atoms with E-state index in [9.17, 15) is 8.42 Å². The molecule has 0 spiro atoms. The highest BCUT2D eigenvalue weighted by molar-refractivity contribution is 7.89. The molecule has 0 radical (unpaired) electrons. The normalized spacial score (nSPS) is 22.8. The first kappa shape index (κ1) is 16.0. The minimum absolute atomic E-state index is 0.459. The minimum Gasteiger partial charge on any atom is -0.298 e. The maximum atomic E-state index is 12.8. The van der Waals surface area contributed by atoms with E-state index in [1.807, 2.05) is 19.1 Å².